The molecule has 164 valence electrons. The lowest BCUT2D eigenvalue weighted by molar-refractivity contribution is -0.135. The Morgan fingerprint density at radius 3 is 2.71 bits per heavy atom. The summed E-state index contributed by atoms with van der Waals surface area (Å²) in [5.41, 5.74) is 1.31. The molecule has 31 heavy (non-hydrogen) atoms. The van der Waals surface area contributed by atoms with Gasteiger partial charge in [0.05, 0.1) is 19.4 Å². The van der Waals surface area contributed by atoms with Crippen molar-refractivity contribution >= 4 is 16.9 Å². The second kappa shape index (κ2) is 9.40. The number of hydrogen-bond donors (Lipinski definition) is 0. The summed E-state index contributed by atoms with van der Waals surface area (Å²) < 4.78 is 8.36. The first kappa shape index (κ1) is 21.2. The first-order chi connectivity index (χ1) is 15.0. The Kier molecular flexibility index (Phi) is 6.43. The highest BCUT2D eigenvalue weighted by Crippen LogP contribution is 2.12. The molecule has 1 aromatic carbocycles. The number of ether oxygens (including phenoxy) is 1. The minimum Gasteiger partial charge on any atom is -0.379 e. The fourth-order valence-electron chi connectivity index (χ4n) is 3.94. The molecule has 1 amide bonds. The summed E-state index contributed by atoms with van der Waals surface area (Å²) in [4.78, 5) is 34.7. The van der Waals surface area contributed by atoms with Crippen molar-refractivity contribution in [2.24, 2.45) is 7.05 Å². The number of aryl methyl sites for hydroxylation is 1. The van der Waals surface area contributed by atoms with Crippen molar-refractivity contribution in [1.82, 2.24) is 29.1 Å². The Morgan fingerprint density at radius 1 is 1.23 bits per heavy atom. The van der Waals surface area contributed by atoms with Gasteiger partial charge in [0, 0.05) is 39.3 Å². The number of morpholine rings is 1. The van der Waals surface area contributed by atoms with Crippen LogP contribution in [0.2, 0.25) is 0 Å². The van der Waals surface area contributed by atoms with E-state index in [4.69, 9.17) is 4.74 Å². The number of amides is 1. The van der Waals surface area contributed by atoms with Gasteiger partial charge in [0.25, 0.3) is 5.56 Å². The fourth-order valence-corrected chi connectivity index (χ4v) is 3.94. The zero-order chi connectivity index (χ0) is 21.8. The van der Waals surface area contributed by atoms with Gasteiger partial charge in [-0.2, -0.15) is 5.10 Å². The Labute approximate surface area is 180 Å². The molecule has 4 rings (SSSR count). The van der Waals surface area contributed by atoms with E-state index in [1.54, 1.807) is 11.7 Å². The number of aromatic nitrogens is 4. The van der Waals surface area contributed by atoms with Gasteiger partial charge >= 0.3 is 0 Å². The Morgan fingerprint density at radius 2 is 1.97 bits per heavy atom. The van der Waals surface area contributed by atoms with Crippen LogP contribution < -0.4 is 5.56 Å². The van der Waals surface area contributed by atoms with E-state index in [0.29, 0.717) is 30.8 Å². The monoisotopic (exact) mass is 424 g/mol. The average molecular weight is 425 g/mol. The second-order valence-electron chi connectivity index (χ2n) is 7.95. The molecule has 0 saturated carbocycles. The molecule has 1 aliphatic heterocycles. The van der Waals surface area contributed by atoms with Gasteiger partial charge in [-0.05, 0) is 12.5 Å². The number of fused-ring (bicyclic) bond motifs is 1. The quantitative estimate of drug-likeness (QED) is 0.560. The largest absolute Gasteiger partial charge is 0.379 e. The minimum absolute atomic E-state index is 0.0170. The number of rotatable bonds is 7. The molecule has 9 heteroatoms. The number of hydrogen-bond acceptors (Lipinski definition) is 6. The van der Waals surface area contributed by atoms with Crippen LogP contribution >= 0.6 is 0 Å². The van der Waals surface area contributed by atoms with Crippen LogP contribution in [0.1, 0.15) is 12.5 Å². The maximum absolute atomic E-state index is 13.4. The van der Waals surface area contributed by atoms with Crippen LogP contribution in [-0.2, 0) is 29.7 Å². The molecule has 1 fully saturated rings. The third-order valence-electron chi connectivity index (χ3n) is 5.70. The van der Waals surface area contributed by atoms with Gasteiger partial charge in [0.15, 0.2) is 5.65 Å². The lowest BCUT2D eigenvalue weighted by Gasteiger charge is -2.35. The Balaban J connectivity index is 1.55. The number of carbonyl (C=O) groups excluding carboxylic acids is 1. The summed E-state index contributed by atoms with van der Waals surface area (Å²) in [5, 5.41) is 4.50. The van der Waals surface area contributed by atoms with E-state index in [-0.39, 0.29) is 24.1 Å². The van der Waals surface area contributed by atoms with Crippen LogP contribution in [0.5, 0.6) is 0 Å². The number of carbonyl (C=O) groups is 1. The maximum atomic E-state index is 13.4. The molecule has 0 radical (unpaired) electrons. The maximum Gasteiger partial charge on any atom is 0.264 e. The van der Waals surface area contributed by atoms with Crippen LogP contribution in [0.3, 0.4) is 0 Å². The summed E-state index contributed by atoms with van der Waals surface area (Å²) in [7, 11) is 1.74. The fraction of sp³-hybridized carbons (Fsp3) is 0.455. The van der Waals surface area contributed by atoms with Crippen molar-refractivity contribution in [2.45, 2.75) is 26.1 Å². The van der Waals surface area contributed by atoms with Crippen molar-refractivity contribution in [3.63, 3.8) is 0 Å². The van der Waals surface area contributed by atoms with Crippen molar-refractivity contribution in [1.29, 1.82) is 0 Å². The van der Waals surface area contributed by atoms with Gasteiger partial charge in [0.1, 0.15) is 18.3 Å². The lowest BCUT2D eigenvalue weighted by atomic mass is 10.1. The highest BCUT2D eigenvalue weighted by Gasteiger charge is 2.24. The van der Waals surface area contributed by atoms with Crippen molar-refractivity contribution in [3.8, 4) is 0 Å². The smallest absolute Gasteiger partial charge is 0.264 e. The van der Waals surface area contributed by atoms with E-state index < -0.39 is 0 Å². The first-order valence-electron chi connectivity index (χ1n) is 10.5. The predicted octanol–water partition coefficient (Wildman–Crippen LogP) is 0.879. The summed E-state index contributed by atoms with van der Waals surface area (Å²) in [6.07, 6.45) is 2.92. The average Bonchev–Trinajstić information content (AvgIpc) is 3.16. The third kappa shape index (κ3) is 4.83. The van der Waals surface area contributed by atoms with E-state index in [0.717, 1.165) is 25.2 Å². The molecule has 2 aromatic heterocycles. The highest BCUT2D eigenvalue weighted by atomic mass is 16.5. The Bertz CT molecular complexity index is 1090. The molecule has 9 nitrogen and oxygen atoms in total. The van der Waals surface area contributed by atoms with Gasteiger partial charge < -0.3 is 9.64 Å². The first-order valence-corrected chi connectivity index (χ1v) is 10.5. The van der Waals surface area contributed by atoms with Gasteiger partial charge in [-0.15, -0.1) is 0 Å². The topological polar surface area (TPSA) is 85.5 Å². The van der Waals surface area contributed by atoms with Crippen molar-refractivity contribution in [2.75, 3.05) is 32.8 Å². The molecule has 0 spiro atoms. The normalized spacial score (nSPS) is 15.8. The van der Waals surface area contributed by atoms with Gasteiger partial charge in [-0.25, -0.2) is 4.98 Å². The third-order valence-corrected chi connectivity index (χ3v) is 5.70. The van der Waals surface area contributed by atoms with Crippen molar-refractivity contribution < 1.29 is 9.53 Å². The Hall–Kier alpha value is -3.04. The summed E-state index contributed by atoms with van der Waals surface area (Å²) in [6, 6.07) is 9.90. The molecule has 1 atom stereocenters. The van der Waals surface area contributed by atoms with Gasteiger partial charge in [-0.1, -0.05) is 30.3 Å². The van der Waals surface area contributed by atoms with E-state index in [9.17, 15) is 9.59 Å². The standard InChI is InChI=1S/C22H28N6O3/c1-17(13-26-8-10-31-11-9-26)28(14-18-6-4-3-5-7-18)20(29)15-27-16-23-21-19(22(27)30)12-24-25(21)2/h3-7,12,16-17H,8-11,13-15H2,1-2H3. The van der Waals surface area contributed by atoms with Crippen LogP contribution in [0.25, 0.3) is 11.0 Å². The van der Waals surface area contributed by atoms with Gasteiger partial charge in [0.2, 0.25) is 5.91 Å². The molecule has 1 aliphatic rings. The predicted molar refractivity (Wildman–Crippen MR) is 116 cm³/mol. The zero-order valence-corrected chi connectivity index (χ0v) is 18.0. The van der Waals surface area contributed by atoms with E-state index in [1.165, 1.54) is 17.1 Å². The molecule has 3 heterocycles. The van der Waals surface area contributed by atoms with Crippen molar-refractivity contribution in [3.05, 3.63) is 58.8 Å². The highest BCUT2D eigenvalue weighted by molar-refractivity contribution is 5.77. The SMILES string of the molecule is CC(CN1CCOCC1)N(Cc1ccccc1)C(=O)Cn1cnc2c(cnn2C)c1=O. The molecule has 0 bridgehead atoms. The summed E-state index contributed by atoms with van der Waals surface area (Å²) in [6.45, 7) is 6.40. The van der Waals surface area contributed by atoms with Crippen LogP contribution in [0.15, 0.2) is 47.7 Å². The summed E-state index contributed by atoms with van der Waals surface area (Å²) in [5.74, 6) is -0.114. The molecule has 1 saturated heterocycles. The van der Waals surface area contributed by atoms with E-state index >= 15 is 0 Å². The summed E-state index contributed by atoms with van der Waals surface area (Å²) >= 11 is 0. The van der Waals surface area contributed by atoms with Crippen LogP contribution in [-0.4, -0.2) is 73.9 Å². The van der Waals surface area contributed by atoms with E-state index in [2.05, 4.69) is 21.9 Å². The second-order valence-corrected chi connectivity index (χ2v) is 7.95. The molecule has 3 aromatic rings. The number of nitrogens with zero attached hydrogens (tertiary/aromatic N) is 6. The zero-order valence-electron chi connectivity index (χ0n) is 18.0. The van der Waals surface area contributed by atoms with Gasteiger partial charge in [-0.3, -0.25) is 23.7 Å². The van der Waals surface area contributed by atoms with E-state index in [1.807, 2.05) is 35.2 Å². The molecular formula is C22H28N6O3. The number of benzene rings is 1. The molecule has 0 aliphatic carbocycles. The molecular weight excluding hydrogens is 396 g/mol. The molecule has 0 N–H and O–H groups in total. The molecule has 1 unspecified atom stereocenters. The lowest BCUT2D eigenvalue weighted by Crippen LogP contribution is -2.49. The van der Waals surface area contributed by atoms with Crippen LogP contribution in [0, 0.1) is 0 Å². The minimum atomic E-state index is -0.257. The van der Waals surface area contributed by atoms with Crippen LogP contribution in [0.4, 0.5) is 0 Å².